The van der Waals surface area contributed by atoms with Crippen molar-refractivity contribution in [2.24, 2.45) is 4.99 Å². The number of aromatic nitrogens is 1. The maximum absolute atomic E-state index is 6.62. The molecule has 0 amide bonds. The number of furan rings is 1. The summed E-state index contributed by atoms with van der Waals surface area (Å²) in [6.45, 7) is 0. The van der Waals surface area contributed by atoms with Crippen molar-refractivity contribution in [3.63, 3.8) is 0 Å². The summed E-state index contributed by atoms with van der Waals surface area (Å²) >= 11 is 0. The molecule has 0 fully saturated rings. The van der Waals surface area contributed by atoms with E-state index in [1.54, 1.807) is 0 Å². The van der Waals surface area contributed by atoms with Crippen LogP contribution in [0, 0.1) is 0 Å². The molecule has 2 aromatic heterocycles. The summed E-state index contributed by atoms with van der Waals surface area (Å²) in [5.74, 6) is 0.849. The van der Waals surface area contributed by atoms with Crippen LogP contribution in [0.5, 0.6) is 0 Å². The van der Waals surface area contributed by atoms with E-state index < -0.39 is 0 Å². The molecule has 3 aliphatic rings. The fourth-order valence-electron chi connectivity index (χ4n) is 7.66. The van der Waals surface area contributed by atoms with Crippen molar-refractivity contribution in [3.05, 3.63) is 174 Å². The zero-order valence-corrected chi connectivity index (χ0v) is 26.2. The van der Waals surface area contributed by atoms with Crippen LogP contribution in [-0.2, 0) is 0 Å². The lowest BCUT2D eigenvalue weighted by Gasteiger charge is -2.28. The molecule has 5 aromatic carbocycles. The average Bonchev–Trinajstić information content (AvgIpc) is 3.70. The number of nitrogens with zero attached hydrogens (tertiary/aromatic N) is 2. The van der Waals surface area contributed by atoms with Gasteiger partial charge in [0.2, 0.25) is 0 Å². The van der Waals surface area contributed by atoms with Crippen LogP contribution in [0.3, 0.4) is 0 Å². The summed E-state index contributed by atoms with van der Waals surface area (Å²) in [7, 11) is 0. The Balaban J connectivity index is 1.13. The molecule has 228 valence electrons. The van der Waals surface area contributed by atoms with E-state index in [4.69, 9.17) is 9.41 Å². The van der Waals surface area contributed by atoms with E-state index in [1.807, 2.05) is 6.07 Å². The molecule has 3 heterocycles. The molecule has 1 atom stereocenters. The van der Waals surface area contributed by atoms with E-state index in [1.165, 1.54) is 38.5 Å². The Morgan fingerprint density at radius 1 is 0.708 bits per heavy atom. The van der Waals surface area contributed by atoms with Gasteiger partial charge in [0, 0.05) is 50.0 Å². The highest BCUT2D eigenvalue weighted by atomic mass is 16.3. The normalized spacial score (nSPS) is 17.3. The Morgan fingerprint density at radius 2 is 1.60 bits per heavy atom. The standard InChI is InChI=1S/C44H31N3O/c1-3-12-28(13-4-1)30-22-25-39-36(26-30)32-16-8-10-20-38(32)47(39)31-23-24-34-41(27-31)48-40-21-11-18-35(42(34)40)44-45-37-19-9-7-17-33(37)43(46-44)29-14-5-2-6-15-29/h1-3,5-12,14-27,37H,4,13H2,(H,45,46). The highest BCUT2D eigenvalue weighted by Crippen LogP contribution is 2.39. The van der Waals surface area contributed by atoms with Crippen LogP contribution >= 0.6 is 0 Å². The predicted molar refractivity (Wildman–Crippen MR) is 200 cm³/mol. The molecule has 0 saturated heterocycles. The Bertz CT molecular complexity index is 2640. The molecule has 0 saturated carbocycles. The number of allylic oxidation sites excluding steroid dienone is 6. The van der Waals surface area contributed by atoms with Gasteiger partial charge in [-0.1, -0.05) is 109 Å². The number of amidine groups is 1. The van der Waals surface area contributed by atoms with E-state index in [0.29, 0.717) is 0 Å². The fourth-order valence-corrected chi connectivity index (χ4v) is 7.66. The molecule has 0 bridgehead atoms. The number of para-hydroxylation sites is 1. The van der Waals surface area contributed by atoms with Crippen LogP contribution in [0.2, 0.25) is 0 Å². The summed E-state index contributed by atoms with van der Waals surface area (Å²) in [6, 6.07) is 39.0. The molecule has 1 N–H and O–H groups in total. The van der Waals surface area contributed by atoms with Crippen LogP contribution < -0.4 is 5.32 Å². The zero-order chi connectivity index (χ0) is 31.6. The van der Waals surface area contributed by atoms with Gasteiger partial charge in [0.1, 0.15) is 17.0 Å². The first-order chi connectivity index (χ1) is 23.8. The van der Waals surface area contributed by atoms with Gasteiger partial charge in [-0.25, -0.2) is 4.99 Å². The zero-order valence-electron chi connectivity index (χ0n) is 26.2. The molecule has 4 heteroatoms. The summed E-state index contributed by atoms with van der Waals surface area (Å²) in [5.41, 5.74) is 12.2. The molecular weight excluding hydrogens is 587 g/mol. The second-order valence-corrected chi connectivity index (χ2v) is 12.7. The van der Waals surface area contributed by atoms with Crippen molar-refractivity contribution in [3.8, 4) is 5.69 Å². The van der Waals surface area contributed by atoms with Gasteiger partial charge in [-0.05, 0) is 60.4 Å². The average molecular weight is 618 g/mol. The number of aliphatic imine (C=N–C) groups is 1. The quantitative estimate of drug-likeness (QED) is 0.214. The third-order valence-corrected chi connectivity index (χ3v) is 9.91. The lowest BCUT2D eigenvalue weighted by molar-refractivity contribution is 0.668. The van der Waals surface area contributed by atoms with Crippen LogP contribution in [0.4, 0.5) is 0 Å². The largest absolute Gasteiger partial charge is 0.456 e. The van der Waals surface area contributed by atoms with Crippen molar-refractivity contribution in [2.45, 2.75) is 18.9 Å². The van der Waals surface area contributed by atoms with Crippen LogP contribution in [0.15, 0.2) is 167 Å². The van der Waals surface area contributed by atoms with E-state index in [2.05, 4.69) is 156 Å². The molecule has 10 rings (SSSR count). The monoisotopic (exact) mass is 617 g/mol. The van der Waals surface area contributed by atoms with E-state index in [0.717, 1.165) is 63.1 Å². The van der Waals surface area contributed by atoms with Crippen LogP contribution in [0.25, 0.3) is 60.7 Å². The Kier molecular flexibility index (Phi) is 6.03. The Hall–Kier alpha value is -6.13. The minimum Gasteiger partial charge on any atom is -0.456 e. The number of nitrogens with one attached hydrogen (secondary N) is 1. The van der Waals surface area contributed by atoms with Crippen molar-refractivity contribution in [1.82, 2.24) is 9.88 Å². The predicted octanol–water partition coefficient (Wildman–Crippen LogP) is 10.7. The van der Waals surface area contributed by atoms with E-state index in [-0.39, 0.29) is 6.04 Å². The first-order valence-electron chi connectivity index (χ1n) is 16.7. The first-order valence-corrected chi connectivity index (χ1v) is 16.7. The molecule has 0 spiro atoms. The Morgan fingerprint density at radius 3 is 2.52 bits per heavy atom. The third kappa shape index (κ3) is 4.19. The number of rotatable bonds is 4. The van der Waals surface area contributed by atoms with Crippen LogP contribution in [-0.4, -0.2) is 16.4 Å². The molecular formula is C44H31N3O. The summed E-state index contributed by atoms with van der Waals surface area (Å²) < 4.78 is 8.98. The lowest BCUT2D eigenvalue weighted by atomic mass is 9.93. The van der Waals surface area contributed by atoms with Crippen LogP contribution in [0.1, 0.15) is 29.5 Å². The topological polar surface area (TPSA) is 42.5 Å². The molecule has 1 aliphatic heterocycles. The summed E-state index contributed by atoms with van der Waals surface area (Å²) in [4.78, 5) is 5.26. The van der Waals surface area contributed by atoms with E-state index in [9.17, 15) is 0 Å². The highest BCUT2D eigenvalue weighted by Gasteiger charge is 2.26. The van der Waals surface area contributed by atoms with Gasteiger partial charge in [0.15, 0.2) is 0 Å². The highest BCUT2D eigenvalue weighted by molar-refractivity contribution is 6.19. The maximum atomic E-state index is 6.62. The minimum atomic E-state index is 0.0411. The number of hydrogen-bond donors (Lipinski definition) is 1. The number of fused-ring (bicyclic) bond motifs is 7. The maximum Gasteiger partial charge on any atom is 0.137 e. The molecule has 2 aliphatic carbocycles. The second kappa shape index (κ2) is 10.7. The lowest BCUT2D eigenvalue weighted by Crippen LogP contribution is -2.39. The number of benzene rings is 5. The van der Waals surface area contributed by atoms with Gasteiger partial charge in [-0.3, -0.25) is 0 Å². The third-order valence-electron chi connectivity index (χ3n) is 9.91. The van der Waals surface area contributed by atoms with Gasteiger partial charge in [0.05, 0.1) is 22.8 Å². The molecule has 1 unspecified atom stereocenters. The van der Waals surface area contributed by atoms with Crippen molar-refractivity contribution in [2.75, 3.05) is 0 Å². The first kappa shape index (κ1) is 27.0. The summed E-state index contributed by atoms with van der Waals surface area (Å²) in [6.07, 6.45) is 17.4. The van der Waals surface area contributed by atoms with E-state index >= 15 is 0 Å². The molecule has 4 nitrogen and oxygen atoms in total. The Labute approximate surface area is 278 Å². The van der Waals surface area contributed by atoms with Gasteiger partial charge < -0.3 is 14.3 Å². The van der Waals surface area contributed by atoms with Gasteiger partial charge in [-0.15, -0.1) is 0 Å². The minimum absolute atomic E-state index is 0.0411. The smallest absolute Gasteiger partial charge is 0.137 e. The molecule has 0 radical (unpaired) electrons. The summed E-state index contributed by atoms with van der Waals surface area (Å²) in [5, 5.41) is 8.38. The molecule has 48 heavy (non-hydrogen) atoms. The molecule has 7 aromatic rings. The number of hydrogen-bond acceptors (Lipinski definition) is 3. The van der Waals surface area contributed by atoms with Gasteiger partial charge >= 0.3 is 0 Å². The van der Waals surface area contributed by atoms with Crippen molar-refractivity contribution in [1.29, 1.82) is 0 Å². The van der Waals surface area contributed by atoms with Gasteiger partial charge in [-0.2, -0.15) is 0 Å². The van der Waals surface area contributed by atoms with Crippen molar-refractivity contribution >= 4 is 60.9 Å². The fraction of sp³-hybridized carbons (Fsp3) is 0.0682. The SMILES string of the molecule is C1=CCCC(c2ccc3c(c2)c2ccccc2n3-c2ccc3c(c2)oc2cccc(C4=NC(c5ccccc5)=C5C=CC=CC5N4)c23)=C1. The van der Waals surface area contributed by atoms with Crippen molar-refractivity contribution < 1.29 is 4.42 Å². The second-order valence-electron chi connectivity index (χ2n) is 12.7. The van der Waals surface area contributed by atoms with Gasteiger partial charge in [0.25, 0.3) is 0 Å².